The van der Waals surface area contributed by atoms with E-state index in [0.717, 1.165) is 17.2 Å². The van der Waals surface area contributed by atoms with Crippen LogP contribution in [0.1, 0.15) is 17.4 Å². The minimum absolute atomic E-state index is 0.000624. The maximum atomic E-state index is 10.6. The van der Waals surface area contributed by atoms with Gasteiger partial charge >= 0.3 is 5.97 Å². The molecule has 1 N–H and O–H groups in total. The standard InChI is InChI=1S/C12H15N3O2S2/c1-4-15-11(9-5-7(2)8(3)19-9)13-14-12(15)18-6-10(16)17/h5H,4,6H2,1-3H3,(H,16,17). The number of carboxylic acid groups (broad SMARTS) is 1. The van der Waals surface area contributed by atoms with Crippen LogP contribution in [0.25, 0.3) is 10.7 Å². The van der Waals surface area contributed by atoms with Crippen molar-refractivity contribution in [3.63, 3.8) is 0 Å². The first-order chi connectivity index (χ1) is 9.02. The van der Waals surface area contributed by atoms with E-state index in [0.29, 0.717) is 5.16 Å². The molecular weight excluding hydrogens is 282 g/mol. The molecular formula is C12H15N3O2S2. The van der Waals surface area contributed by atoms with Gasteiger partial charge in [0.15, 0.2) is 11.0 Å². The van der Waals surface area contributed by atoms with Crippen molar-refractivity contribution >= 4 is 29.1 Å². The van der Waals surface area contributed by atoms with E-state index in [4.69, 9.17) is 5.11 Å². The van der Waals surface area contributed by atoms with Crippen molar-refractivity contribution in [3.05, 3.63) is 16.5 Å². The summed E-state index contributed by atoms with van der Waals surface area (Å²) in [5, 5.41) is 17.7. The van der Waals surface area contributed by atoms with Crippen LogP contribution in [-0.4, -0.2) is 31.6 Å². The third kappa shape index (κ3) is 2.98. The summed E-state index contributed by atoms with van der Waals surface area (Å²) in [7, 11) is 0. The molecule has 0 aliphatic rings. The zero-order valence-corrected chi connectivity index (χ0v) is 12.6. The van der Waals surface area contributed by atoms with Crippen molar-refractivity contribution in [1.29, 1.82) is 0 Å². The van der Waals surface area contributed by atoms with E-state index < -0.39 is 5.97 Å². The number of aromatic nitrogens is 3. The molecule has 2 heterocycles. The summed E-state index contributed by atoms with van der Waals surface area (Å²) in [5.41, 5.74) is 1.24. The summed E-state index contributed by atoms with van der Waals surface area (Å²) in [6.45, 7) is 6.88. The Morgan fingerprint density at radius 3 is 2.74 bits per heavy atom. The molecule has 102 valence electrons. The fourth-order valence-corrected chi connectivity index (χ4v) is 3.42. The highest BCUT2D eigenvalue weighted by molar-refractivity contribution is 7.99. The molecule has 0 aliphatic carbocycles. The van der Waals surface area contributed by atoms with Crippen LogP contribution in [0.5, 0.6) is 0 Å². The van der Waals surface area contributed by atoms with Crippen LogP contribution >= 0.6 is 23.1 Å². The van der Waals surface area contributed by atoms with Crippen LogP contribution in [0.3, 0.4) is 0 Å². The smallest absolute Gasteiger partial charge is 0.313 e. The van der Waals surface area contributed by atoms with Crippen molar-refractivity contribution in [1.82, 2.24) is 14.8 Å². The molecule has 0 amide bonds. The molecule has 0 saturated heterocycles. The molecule has 0 atom stereocenters. The van der Waals surface area contributed by atoms with Crippen molar-refractivity contribution in [3.8, 4) is 10.7 Å². The lowest BCUT2D eigenvalue weighted by Crippen LogP contribution is -2.02. The molecule has 0 saturated carbocycles. The topological polar surface area (TPSA) is 68.0 Å². The lowest BCUT2D eigenvalue weighted by atomic mass is 10.3. The summed E-state index contributed by atoms with van der Waals surface area (Å²) < 4.78 is 1.96. The highest BCUT2D eigenvalue weighted by atomic mass is 32.2. The van der Waals surface area contributed by atoms with E-state index in [-0.39, 0.29) is 5.75 Å². The van der Waals surface area contributed by atoms with Gasteiger partial charge < -0.3 is 9.67 Å². The van der Waals surface area contributed by atoms with E-state index in [1.807, 2.05) is 11.5 Å². The number of hydrogen-bond acceptors (Lipinski definition) is 5. The molecule has 0 fully saturated rings. The Kier molecular flexibility index (Phi) is 4.26. The number of carboxylic acids is 1. The van der Waals surface area contributed by atoms with E-state index >= 15 is 0 Å². The molecule has 19 heavy (non-hydrogen) atoms. The van der Waals surface area contributed by atoms with Gasteiger partial charge in [0.25, 0.3) is 0 Å². The average molecular weight is 297 g/mol. The summed E-state index contributed by atoms with van der Waals surface area (Å²) in [6, 6.07) is 2.10. The van der Waals surface area contributed by atoms with Gasteiger partial charge in [0.2, 0.25) is 0 Å². The normalized spacial score (nSPS) is 10.9. The predicted octanol–water partition coefficient (Wildman–Crippen LogP) is 2.82. The Hall–Kier alpha value is -1.34. The largest absolute Gasteiger partial charge is 0.481 e. The SMILES string of the molecule is CCn1c(SCC(=O)O)nnc1-c1cc(C)c(C)s1. The number of carbonyl (C=O) groups is 1. The molecule has 2 aromatic rings. The zero-order valence-electron chi connectivity index (χ0n) is 11.0. The fraction of sp³-hybridized carbons (Fsp3) is 0.417. The second kappa shape index (κ2) is 5.75. The van der Waals surface area contributed by atoms with Gasteiger partial charge in [-0.15, -0.1) is 21.5 Å². The Morgan fingerprint density at radius 1 is 1.47 bits per heavy atom. The van der Waals surface area contributed by atoms with Gasteiger partial charge in [0.1, 0.15) is 0 Å². The third-order valence-corrected chi connectivity index (χ3v) is 4.84. The number of hydrogen-bond donors (Lipinski definition) is 1. The first-order valence-electron chi connectivity index (χ1n) is 5.88. The predicted molar refractivity (Wildman–Crippen MR) is 76.8 cm³/mol. The van der Waals surface area contributed by atoms with Gasteiger partial charge in [-0.25, -0.2) is 0 Å². The van der Waals surface area contributed by atoms with E-state index in [1.54, 1.807) is 11.3 Å². The summed E-state index contributed by atoms with van der Waals surface area (Å²) in [5.74, 6) is -0.0303. The molecule has 0 spiro atoms. The molecule has 5 nitrogen and oxygen atoms in total. The number of nitrogens with zero attached hydrogens (tertiary/aromatic N) is 3. The number of thiophene rings is 1. The van der Waals surface area contributed by atoms with Crippen LogP contribution < -0.4 is 0 Å². The van der Waals surface area contributed by atoms with Crippen molar-refractivity contribution in [2.45, 2.75) is 32.5 Å². The molecule has 0 aromatic carbocycles. The number of thioether (sulfide) groups is 1. The van der Waals surface area contributed by atoms with E-state index in [9.17, 15) is 4.79 Å². The van der Waals surface area contributed by atoms with Crippen LogP contribution in [-0.2, 0) is 11.3 Å². The van der Waals surface area contributed by atoms with Crippen molar-refractivity contribution in [2.24, 2.45) is 0 Å². The number of aliphatic carboxylic acids is 1. The Morgan fingerprint density at radius 2 is 2.21 bits per heavy atom. The Balaban J connectivity index is 2.33. The van der Waals surface area contributed by atoms with Crippen molar-refractivity contribution < 1.29 is 9.90 Å². The summed E-state index contributed by atoms with van der Waals surface area (Å²) in [6.07, 6.45) is 0. The molecule has 0 aliphatic heterocycles. The first-order valence-corrected chi connectivity index (χ1v) is 7.68. The molecule has 2 rings (SSSR count). The highest BCUT2D eigenvalue weighted by Crippen LogP contribution is 2.31. The van der Waals surface area contributed by atoms with Gasteiger partial charge in [-0.3, -0.25) is 4.79 Å². The molecule has 0 unspecified atom stereocenters. The first kappa shape index (κ1) is 14.1. The van der Waals surface area contributed by atoms with Gasteiger partial charge in [-0.05, 0) is 32.4 Å². The maximum Gasteiger partial charge on any atom is 0.313 e. The van der Waals surface area contributed by atoms with Crippen LogP contribution in [0, 0.1) is 13.8 Å². The second-order valence-electron chi connectivity index (χ2n) is 4.08. The summed E-state index contributed by atoms with van der Waals surface area (Å²) >= 11 is 2.89. The lowest BCUT2D eigenvalue weighted by molar-refractivity contribution is -0.133. The van der Waals surface area contributed by atoms with Crippen LogP contribution in [0.2, 0.25) is 0 Å². The van der Waals surface area contributed by atoms with Gasteiger partial charge in [-0.2, -0.15) is 0 Å². The average Bonchev–Trinajstić information content (AvgIpc) is 2.90. The zero-order chi connectivity index (χ0) is 14.0. The molecule has 0 radical (unpaired) electrons. The highest BCUT2D eigenvalue weighted by Gasteiger charge is 2.16. The monoisotopic (exact) mass is 297 g/mol. The van der Waals surface area contributed by atoms with Crippen LogP contribution in [0.15, 0.2) is 11.2 Å². The fourth-order valence-electron chi connectivity index (χ4n) is 1.67. The number of aryl methyl sites for hydroxylation is 2. The minimum atomic E-state index is -0.847. The molecule has 7 heteroatoms. The van der Waals surface area contributed by atoms with Gasteiger partial charge in [-0.1, -0.05) is 11.8 Å². The third-order valence-electron chi connectivity index (χ3n) is 2.74. The van der Waals surface area contributed by atoms with Crippen molar-refractivity contribution in [2.75, 3.05) is 5.75 Å². The Labute approximate surface area is 119 Å². The van der Waals surface area contributed by atoms with Gasteiger partial charge in [0.05, 0.1) is 10.6 Å². The van der Waals surface area contributed by atoms with Crippen LogP contribution in [0.4, 0.5) is 0 Å². The summed E-state index contributed by atoms with van der Waals surface area (Å²) in [4.78, 5) is 13.0. The number of rotatable bonds is 5. The minimum Gasteiger partial charge on any atom is -0.481 e. The lowest BCUT2D eigenvalue weighted by Gasteiger charge is -2.04. The Bertz CT molecular complexity index is 585. The maximum absolute atomic E-state index is 10.6. The van der Waals surface area contributed by atoms with E-state index in [2.05, 4.69) is 30.1 Å². The van der Waals surface area contributed by atoms with Gasteiger partial charge in [0, 0.05) is 11.4 Å². The quantitative estimate of drug-likeness (QED) is 0.859. The van der Waals surface area contributed by atoms with E-state index in [1.165, 1.54) is 22.2 Å². The molecule has 2 aromatic heterocycles. The molecule has 0 bridgehead atoms. The second-order valence-corrected chi connectivity index (χ2v) is 6.28.